The first-order valence-electron chi connectivity index (χ1n) is 5.25. The van der Waals surface area contributed by atoms with Crippen LogP contribution in [0.2, 0.25) is 0 Å². The Morgan fingerprint density at radius 2 is 2.19 bits per heavy atom. The van der Waals surface area contributed by atoms with Crippen LogP contribution in [0.4, 0.5) is 0 Å². The van der Waals surface area contributed by atoms with Crippen LogP contribution >= 0.6 is 0 Å². The zero-order valence-electron chi connectivity index (χ0n) is 9.24. The monoisotopic (exact) mass is 221 g/mol. The molecule has 0 spiro atoms. The fraction of sp³-hybridized carbons (Fsp3) is 0.500. The van der Waals surface area contributed by atoms with Crippen LogP contribution < -0.4 is 0 Å². The zero-order valence-corrected chi connectivity index (χ0v) is 9.24. The van der Waals surface area contributed by atoms with Crippen molar-refractivity contribution in [2.75, 3.05) is 6.61 Å². The maximum atomic E-state index is 8.75. The van der Waals surface area contributed by atoms with Crippen LogP contribution in [0.3, 0.4) is 0 Å². The summed E-state index contributed by atoms with van der Waals surface area (Å²) in [6.45, 7) is 0.894. The number of nitrogens with zero attached hydrogens (tertiary/aromatic N) is 5. The Balaban J connectivity index is 1.89. The van der Waals surface area contributed by atoms with Gasteiger partial charge in [-0.15, -0.1) is 5.10 Å². The number of aliphatic hydroxyl groups excluding tert-OH is 1. The summed E-state index contributed by atoms with van der Waals surface area (Å²) in [7, 11) is 1.90. The topological polar surface area (TPSA) is 68.8 Å². The van der Waals surface area contributed by atoms with Crippen molar-refractivity contribution in [3.05, 3.63) is 29.8 Å². The highest BCUT2D eigenvalue weighted by Crippen LogP contribution is 2.00. The van der Waals surface area contributed by atoms with Gasteiger partial charge < -0.3 is 5.11 Å². The molecule has 16 heavy (non-hydrogen) atoms. The quantitative estimate of drug-likeness (QED) is 0.758. The number of rotatable bonds is 5. The van der Waals surface area contributed by atoms with Crippen molar-refractivity contribution in [2.45, 2.75) is 19.4 Å². The average Bonchev–Trinajstić information content (AvgIpc) is 2.85. The minimum absolute atomic E-state index is 0.112. The maximum Gasteiger partial charge on any atom is 0.0849 e. The number of aliphatic hydroxyl groups is 1. The van der Waals surface area contributed by atoms with Gasteiger partial charge in [0.2, 0.25) is 0 Å². The second kappa shape index (κ2) is 4.89. The Labute approximate surface area is 93.5 Å². The lowest BCUT2D eigenvalue weighted by atomic mass is 10.2. The van der Waals surface area contributed by atoms with Gasteiger partial charge >= 0.3 is 0 Å². The van der Waals surface area contributed by atoms with Crippen LogP contribution in [0.15, 0.2) is 18.6 Å². The van der Waals surface area contributed by atoms with Gasteiger partial charge in [0.15, 0.2) is 0 Å². The van der Waals surface area contributed by atoms with Crippen LogP contribution in [0, 0.1) is 0 Å². The molecule has 0 saturated carbocycles. The molecule has 6 nitrogen and oxygen atoms in total. The predicted molar refractivity (Wildman–Crippen MR) is 57.7 cm³/mol. The van der Waals surface area contributed by atoms with Crippen molar-refractivity contribution in [1.29, 1.82) is 0 Å². The normalized spacial score (nSPS) is 10.9. The summed E-state index contributed by atoms with van der Waals surface area (Å²) in [4.78, 5) is 0. The molecule has 0 fully saturated rings. The second-order valence-electron chi connectivity index (χ2n) is 3.72. The highest BCUT2D eigenvalue weighted by Gasteiger charge is 2.01. The minimum atomic E-state index is 0.112. The standard InChI is InChI=1S/C10H15N5O/c1-14-7-9(6-11-14)2-4-15-8-10(3-5-16)12-13-15/h6-8,16H,2-5H2,1H3. The highest BCUT2D eigenvalue weighted by atomic mass is 16.3. The molecule has 0 atom stereocenters. The second-order valence-corrected chi connectivity index (χ2v) is 3.72. The van der Waals surface area contributed by atoms with Crippen molar-refractivity contribution in [1.82, 2.24) is 24.8 Å². The number of hydrogen-bond donors (Lipinski definition) is 1. The van der Waals surface area contributed by atoms with Crippen molar-refractivity contribution in [2.24, 2.45) is 7.05 Å². The van der Waals surface area contributed by atoms with Gasteiger partial charge in [0, 0.05) is 39.0 Å². The molecule has 2 heterocycles. The summed E-state index contributed by atoms with van der Waals surface area (Å²) in [5.74, 6) is 0. The summed E-state index contributed by atoms with van der Waals surface area (Å²) >= 11 is 0. The Bertz CT molecular complexity index is 448. The fourth-order valence-electron chi connectivity index (χ4n) is 1.52. The van der Waals surface area contributed by atoms with Crippen molar-refractivity contribution < 1.29 is 5.11 Å². The highest BCUT2D eigenvalue weighted by molar-refractivity contribution is 5.03. The molecule has 0 aromatic carbocycles. The number of aryl methyl sites for hydroxylation is 3. The van der Waals surface area contributed by atoms with E-state index in [0.29, 0.717) is 6.42 Å². The third kappa shape index (κ3) is 2.66. The van der Waals surface area contributed by atoms with Crippen molar-refractivity contribution >= 4 is 0 Å². The first kappa shape index (κ1) is 10.8. The van der Waals surface area contributed by atoms with E-state index in [1.165, 1.54) is 5.56 Å². The van der Waals surface area contributed by atoms with Gasteiger partial charge in [-0.1, -0.05) is 5.21 Å². The maximum absolute atomic E-state index is 8.75. The van der Waals surface area contributed by atoms with Gasteiger partial charge in [-0.05, 0) is 12.0 Å². The van der Waals surface area contributed by atoms with E-state index in [-0.39, 0.29) is 6.61 Å². The smallest absolute Gasteiger partial charge is 0.0849 e. The minimum Gasteiger partial charge on any atom is -0.396 e. The number of aromatic nitrogens is 5. The SMILES string of the molecule is Cn1cc(CCn2cc(CCO)nn2)cn1. The molecule has 0 saturated heterocycles. The molecule has 1 N–H and O–H groups in total. The van der Waals surface area contributed by atoms with E-state index in [0.717, 1.165) is 18.7 Å². The van der Waals surface area contributed by atoms with Gasteiger partial charge in [0.1, 0.15) is 0 Å². The Morgan fingerprint density at radius 1 is 1.31 bits per heavy atom. The van der Waals surface area contributed by atoms with Gasteiger partial charge in [-0.25, -0.2) is 0 Å². The van der Waals surface area contributed by atoms with Gasteiger partial charge in [0.25, 0.3) is 0 Å². The first-order valence-corrected chi connectivity index (χ1v) is 5.25. The van der Waals surface area contributed by atoms with Gasteiger partial charge in [-0.3, -0.25) is 9.36 Å². The van der Waals surface area contributed by atoms with E-state index in [9.17, 15) is 0 Å². The molecule has 0 aliphatic carbocycles. The average molecular weight is 221 g/mol. The molecule has 2 aromatic rings. The van der Waals surface area contributed by atoms with E-state index in [4.69, 9.17) is 5.11 Å². The molecule has 0 aliphatic rings. The van der Waals surface area contributed by atoms with E-state index in [1.54, 1.807) is 9.36 Å². The van der Waals surface area contributed by atoms with Gasteiger partial charge in [-0.2, -0.15) is 5.10 Å². The summed E-state index contributed by atoms with van der Waals surface area (Å²) in [6, 6.07) is 0. The third-order valence-corrected chi connectivity index (χ3v) is 2.34. The molecule has 6 heteroatoms. The molecule has 86 valence electrons. The largest absolute Gasteiger partial charge is 0.396 e. The fourth-order valence-corrected chi connectivity index (χ4v) is 1.52. The molecular weight excluding hydrogens is 206 g/mol. The summed E-state index contributed by atoms with van der Waals surface area (Å²) in [5.41, 5.74) is 2.01. The molecule has 0 radical (unpaired) electrons. The molecule has 0 unspecified atom stereocenters. The molecule has 2 aromatic heterocycles. The Hall–Kier alpha value is -1.69. The van der Waals surface area contributed by atoms with Crippen LogP contribution in [0.25, 0.3) is 0 Å². The number of hydrogen-bond acceptors (Lipinski definition) is 4. The van der Waals surface area contributed by atoms with Crippen LogP contribution in [-0.4, -0.2) is 36.5 Å². The van der Waals surface area contributed by atoms with Crippen LogP contribution in [0.1, 0.15) is 11.3 Å². The Morgan fingerprint density at radius 3 is 2.88 bits per heavy atom. The summed E-state index contributed by atoms with van der Waals surface area (Å²) in [5, 5.41) is 20.8. The molecule has 0 bridgehead atoms. The lowest BCUT2D eigenvalue weighted by Crippen LogP contribution is -2.01. The van der Waals surface area contributed by atoms with Crippen molar-refractivity contribution in [3.8, 4) is 0 Å². The van der Waals surface area contributed by atoms with Crippen molar-refractivity contribution in [3.63, 3.8) is 0 Å². The van der Waals surface area contributed by atoms with Crippen LogP contribution in [0.5, 0.6) is 0 Å². The summed E-state index contributed by atoms with van der Waals surface area (Å²) < 4.78 is 3.58. The molecule has 0 amide bonds. The third-order valence-electron chi connectivity index (χ3n) is 2.34. The molecule has 2 rings (SSSR count). The Kier molecular flexibility index (Phi) is 3.31. The van der Waals surface area contributed by atoms with E-state index in [1.807, 2.05) is 25.6 Å². The predicted octanol–water partition coefficient (Wildman–Crippen LogP) is -0.211. The van der Waals surface area contributed by atoms with E-state index < -0.39 is 0 Å². The van der Waals surface area contributed by atoms with Crippen LogP contribution in [-0.2, 0) is 26.4 Å². The van der Waals surface area contributed by atoms with E-state index in [2.05, 4.69) is 15.4 Å². The molecular formula is C10H15N5O. The first-order chi connectivity index (χ1) is 7.78. The van der Waals surface area contributed by atoms with E-state index >= 15 is 0 Å². The van der Waals surface area contributed by atoms with Gasteiger partial charge in [0.05, 0.1) is 11.9 Å². The summed E-state index contributed by atoms with van der Waals surface area (Å²) in [6.07, 6.45) is 7.16. The lowest BCUT2D eigenvalue weighted by molar-refractivity contribution is 0.298. The molecule has 0 aliphatic heterocycles. The zero-order chi connectivity index (χ0) is 11.4. The lowest BCUT2D eigenvalue weighted by Gasteiger charge is -1.96.